The number of methoxy groups -OCH3 is 1. The molecule has 0 amide bonds. The molecular formula is C25H19ClN4O4. The Bertz CT molecular complexity index is 1650. The van der Waals surface area contributed by atoms with Gasteiger partial charge in [-0.3, -0.25) is 9.36 Å². The van der Waals surface area contributed by atoms with Crippen molar-refractivity contribution in [3.8, 4) is 22.9 Å². The molecule has 170 valence electrons. The molecule has 5 rings (SSSR count). The highest BCUT2D eigenvalue weighted by Gasteiger charge is 2.20. The predicted octanol–water partition coefficient (Wildman–Crippen LogP) is 4.22. The molecule has 3 aromatic heterocycles. The van der Waals surface area contributed by atoms with Gasteiger partial charge in [-0.2, -0.15) is 0 Å². The van der Waals surface area contributed by atoms with Gasteiger partial charge in [0.2, 0.25) is 5.89 Å². The predicted molar refractivity (Wildman–Crippen MR) is 129 cm³/mol. The van der Waals surface area contributed by atoms with E-state index in [4.69, 9.17) is 20.8 Å². The Kier molecular flexibility index (Phi) is 5.51. The zero-order chi connectivity index (χ0) is 23.8. The van der Waals surface area contributed by atoms with Gasteiger partial charge in [0.15, 0.2) is 5.65 Å². The highest BCUT2D eigenvalue weighted by molar-refractivity contribution is 6.30. The molecule has 9 heteroatoms. The van der Waals surface area contributed by atoms with Crippen molar-refractivity contribution >= 4 is 22.6 Å². The molecule has 0 saturated carbocycles. The summed E-state index contributed by atoms with van der Waals surface area (Å²) in [5, 5.41) is 0.845. The molecule has 2 aromatic carbocycles. The van der Waals surface area contributed by atoms with Gasteiger partial charge in [-0.25, -0.2) is 19.3 Å². The van der Waals surface area contributed by atoms with Crippen LogP contribution in [-0.2, 0) is 6.54 Å². The number of pyridine rings is 1. The molecule has 0 aliphatic rings. The topological polar surface area (TPSA) is 92.1 Å². The maximum absolute atomic E-state index is 13.7. The number of benzene rings is 2. The number of fused-ring (bicyclic) bond motifs is 1. The van der Waals surface area contributed by atoms with Crippen LogP contribution < -0.4 is 16.0 Å². The summed E-state index contributed by atoms with van der Waals surface area (Å²) in [7, 11) is 1.52. The fraction of sp³-hybridized carbons (Fsp3) is 0.120. The summed E-state index contributed by atoms with van der Waals surface area (Å²) in [5.41, 5.74) is 0.851. The van der Waals surface area contributed by atoms with Crippen LogP contribution in [0.4, 0.5) is 0 Å². The molecule has 0 aliphatic heterocycles. The highest BCUT2D eigenvalue weighted by Crippen LogP contribution is 2.25. The molecule has 0 aliphatic carbocycles. The minimum absolute atomic E-state index is 0.0758. The molecule has 0 atom stereocenters. The average molecular weight is 475 g/mol. The molecular weight excluding hydrogens is 456 g/mol. The number of hydrogen-bond acceptors (Lipinski definition) is 6. The Morgan fingerprint density at radius 2 is 1.88 bits per heavy atom. The van der Waals surface area contributed by atoms with Gasteiger partial charge in [-0.1, -0.05) is 29.8 Å². The normalized spacial score (nSPS) is 11.1. The number of ether oxygens (including phenoxy) is 1. The molecule has 0 bridgehead atoms. The average Bonchev–Trinajstić information content (AvgIpc) is 3.22. The summed E-state index contributed by atoms with van der Waals surface area (Å²) >= 11 is 6.09. The lowest BCUT2D eigenvalue weighted by Gasteiger charge is -2.15. The maximum atomic E-state index is 13.7. The molecule has 3 heterocycles. The van der Waals surface area contributed by atoms with Crippen molar-refractivity contribution in [1.29, 1.82) is 0 Å². The summed E-state index contributed by atoms with van der Waals surface area (Å²) in [6.45, 7) is 1.66. The number of aryl methyl sites for hydroxylation is 1. The maximum Gasteiger partial charge on any atom is 0.337 e. The fourth-order valence-electron chi connectivity index (χ4n) is 3.83. The first kappa shape index (κ1) is 21.7. The van der Waals surface area contributed by atoms with Crippen molar-refractivity contribution < 1.29 is 9.15 Å². The summed E-state index contributed by atoms with van der Waals surface area (Å²) in [5.74, 6) is 1.33. The van der Waals surface area contributed by atoms with Crippen LogP contribution in [0.25, 0.3) is 28.2 Å². The molecule has 0 saturated heterocycles. The van der Waals surface area contributed by atoms with Gasteiger partial charge in [0.05, 0.1) is 24.7 Å². The van der Waals surface area contributed by atoms with E-state index in [-0.39, 0.29) is 12.2 Å². The summed E-state index contributed by atoms with van der Waals surface area (Å²) < 4.78 is 13.8. The molecule has 0 fully saturated rings. The third-order valence-corrected chi connectivity index (χ3v) is 5.73. The van der Waals surface area contributed by atoms with Crippen molar-refractivity contribution in [2.24, 2.45) is 0 Å². The Labute approximate surface area is 198 Å². The zero-order valence-corrected chi connectivity index (χ0v) is 19.1. The van der Waals surface area contributed by atoms with Gasteiger partial charge in [-0.05, 0) is 49.4 Å². The number of oxazole rings is 1. The van der Waals surface area contributed by atoms with Crippen LogP contribution in [0.15, 0.2) is 80.9 Å². The van der Waals surface area contributed by atoms with Gasteiger partial charge in [0.25, 0.3) is 5.56 Å². The van der Waals surface area contributed by atoms with Crippen molar-refractivity contribution in [3.05, 3.63) is 104 Å². The molecule has 0 spiro atoms. The first-order valence-corrected chi connectivity index (χ1v) is 10.8. The first-order valence-electron chi connectivity index (χ1n) is 10.4. The number of aromatic nitrogens is 4. The summed E-state index contributed by atoms with van der Waals surface area (Å²) in [4.78, 5) is 35.9. The van der Waals surface area contributed by atoms with Crippen molar-refractivity contribution in [1.82, 2.24) is 19.1 Å². The Morgan fingerprint density at radius 1 is 1.06 bits per heavy atom. The van der Waals surface area contributed by atoms with Crippen LogP contribution in [0.3, 0.4) is 0 Å². The van der Waals surface area contributed by atoms with Crippen molar-refractivity contribution in [2.75, 3.05) is 7.11 Å². The van der Waals surface area contributed by atoms with Crippen LogP contribution >= 0.6 is 11.6 Å². The fourth-order valence-corrected chi connectivity index (χ4v) is 4.02. The molecule has 34 heavy (non-hydrogen) atoms. The van der Waals surface area contributed by atoms with Crippen molar-refractivity contribution in [3.63, 3.8) is 0 Å². The zero-order valence-electron chi connectivity index (χ0n) is 18.4. The Morgan fingerprint density at radius 3 is 2.68 bits per heavy atom. The third-order valence-electron chi connectivity index (χ3n) is 5.49. The van der Waals surface area contributed by atoms with E-state index in [9.17, 15) is 9.59 Å². The van der Waals surface area contributed by atoms with Crippen LogP contribution in [0, 0.1) is 6.92 Å². The van der Waals surface area contributed by atoms with E-state index in [1.165, 1.54) is 17.9 Å². The Balaban J connectivity index is 1.70. The smallest absolute Gasteiger partial charge is 0.337 e. The van der Waals surface area contributed by atoms with Gasteiger partial charge in [0, 0.05) is 16.8 Å². The third kappa shape index (κ3) is 3.68. The first-order chi connectivity index (χ1) is 16.5. The molecule has 0 radical (unpaired) electrons. The molecule has 5 aromatic rings. The van der Waals surface area contributed by atoms with Gasteiger partial charge >= 0.3 is 5.69 Å². The number of para-hydroxylation sites is 2. The van der Waals surface area contributed by atoms with Gasteiger partial charge < -0.3 is 9.15 Å². The highest BCUT2D eigenvalue weighted by atomic mass is 35.5. The lowest BCUT2D eigenvalue weighted by atomic mass is 10.2. The molecule has 0 unspecified atom stereocenters. The lowest BCUT2D eigenvalue weighted by Crippen LogP contribution is -2.40. The van der Waals surface area contributed by atoms with E-state index >= 15 is 0 Å². The second-order valence-electron chi connectivity index (χ2n) is 7.59. The SMILES string of the molecule is COc1ccccc1-n1c(=O)n(Cc2nc(-c3cccc(Cl)c3)oc2C)c(=O)c2cccnc21. The van der Waals surface area contributed by atoms with Gasteiger partial charge in [-0.15, -0.1) is 0 Å². The van der Waals surface area contributed by atoms with E-state index < -0.39 is 11.2 Å². The van der Waals surface area contributed by atoms with E-state index in [1.54, 1.807) is 61.5 Å². The van der Waals surface area contributed by atoms with E-state index in [0.717, 1.165) is 4.57 Å². The Hall–Kier alpha value is -4.17. The number of hydrogen-bond donors (Lipinski definition) is 0. The monoisotopic (exact) mass is 474 g/mol. The minimum atomic E-state index is -0.563. The molecule has 0 N–H and O–H groups in total. The lowest BCUT2D eigenvalue weighted by molar-refractivity contribution is 0.412. The van der Waals surface area contributed by atoms with E-state index in [1.807, 2.05) is 6.07 Å². The van der Waals surface area contributed by atoms with Crippen LogP contribution in [0.5, 0.6) is 5.75 Å². The number of rotatable bonds is 5. The summed E-state index contributed by atoms with van der Waals surface area (Å²) in [6.07, 6.45) is 1.54. The minimum Gasteiger partial charge on any atom is -0.495 e. The number of halogens is 1. The van der Waals surface area contributed by atoms with Crippen molar-refractivity contribution in [2.45, 2.75) is 13.5 Å². The second kappa shape index (κ2) is 8.64. The van der Waals surface area contributed by atoms with Crippen LogP contribution in [-0.4, -0.2) is 26.2 Å². The van der Waals surface area contributed by atoms with Crippen LogP contribution in [0.2, 0.25) is 5.02 Å². The van der Waals surface area contributed by atoms with E-state index in [0.29, 0.717) is 44.8 Å². The summed E-state index contributed by atoms with van der Waals surface area (Å²) in [6, 6.07) is 17.5. The number of nitrogens with zero attached hydrogens (tertiary/aromatic N) is 4. The second-order valence-corrected chi connectivity index (χ2v) is 8.02. The van der Waals surface area contributed by atoms with Crippen LogP contribution in [0.1, 0.15) is 11.5 Å². The van der Waals surface area contributed by atoms with E-state index in [2.05, 4.69) is 9.97 Å². The quantitative estimate of drug-likeness (QED) is 0.378. The largest absolute Gasteiger partial charge is 0.495 e. The molecule has 8 nitrogen and oxygen atoms in total. The standard InChI is InChI=1S/C25H19ClN4O4/c1-15-19(28-23(34-15)16-7-5-8-17(26)13-16)14-29-24(31)18-9-6-12-27-22(18)30(25(29)32)20-10-3-4-11-21(20)33-2/h3-13H,14H2,1-2H3. The van der Waals surface area contributed by atoms with Gasteiger partial charge in [0.1, 0.15) is 17.2 Å².